The number of rotatable bonds is 2. The zero-order chi connectivity index (χ0) is 13.2. The van der Waals surface area contributed by atoms with Gasteiger partial charge in [0.25, 0.3) is 0 Å². The first kappa shape index (κ1) is 11.7. The molecule has 1 heterocycles. The first-order valence-corrected chi connectivity index (χ1v) is 6.27. The Kier molecular flexibility index (Phi) is 2.92. The summed E-state index contributed by atoms with van der Waals surface area (Å²) < 4.78 is 13.1. The van der Waals surface area contributed by atoms with E-state index in [1.54, 1.807) is 6.07 Å². The van der Waals surface area contributed by atoms with Crippen molar-refractivity contribution in [3.8, 4) is 6.07 Å². The molecule has 0 aromatic heterocycles. The van der Waals surface area contributed by atoms with E-state index in [9.17, 15) is 4.39 Å². The van der Waals surface area contributed by atoms with Crippen molar-refractivity contribution in [2.75, 3.05) is 18.0 Å². The van der Waals surface area contributed by atoms with Crippen molar-refractivity contribution >= 4 is 5.69 Å². The SMILES string of the molecule is N#Cc1cc(F)ccc1N1CC(c2ccccc2)C1. The molecule has 2 nitrogen and oxygen atoms in total. The van der Waals surface area contributed by atoms with Crippen LogP contribution >= 0.6 is 0 Å². The molecule has 3 heteroatoms. The van der Waals surface area contributed by atoms with E-state index < -0.39 is 0 Å². The minimum absolute atomic E-state index is 0.361. The van der Waals surface area contributed by atoms with Crippen molar-refractivity contribution in [2.24, 2.45) is 0 Å². The van der Waals surface area contributed by atoms with E-state index in [0.717, 1.165) is 18.8 Å². The largest absolute Gasteiger partial charge is 0.369 e. The van der Waals surface area contributed by atoms with Gasteiger partial charge in [0.2, 0.25) is 0 Å². The quantitative estimate of drug-likeness (QED) is 0.820. The van der Waals surface area contributed by atoms with Gasteiger partial charge in [0.05, 0.1) is 11.3 Å². The Morgan fingerprint density at radius 2 is 1.84 bits per heavy atom. The van der Waals surface area contributed by atoms with Crippen molar-refractivity contribution in [1.29, 1.82) is 5.26 Å². The van der Waals surface area contributed by atoms with Gasteiger partial charge in [-0.15, -0.1) is 0 Å². The van der Waals surface area contributed by atoms with Gasteiger partial charge in [-0.05, 0) is 23.8 Å². The highest BCUT2D eigenvalue weighted by atomic mass is 19.1. The molecular formula is C16H13FN2. The number of benzene rings is 2. The summed E-state index contributed by atoms with van der Waals surface area (Å²) in [6.45, 7) is 1.76. The molecule has 0 N–H and O–H groups in total. The molecule has 2 aromatic carbocycles. The second kappa shape index (κ2) is 4.74. The zero-order valence-electron chi connectivity index (χ0n) is 10.4. The van der Waals surface area contributed by atoms with E-state index in [1.807, 2.05) is 18.2 Å². The lowest BCUT2D eigenvalue weighted by Crippen LogP contribution is -2.45. The molecule has 1 aliphatic rings. The van der Waals surface area contributed by atoms with Gasteiger partial charge >= 0.3 is 0 Å². The predicted molar refractivity (Wildman–Crippen MR) is 72.5 cm³/mol. The highest BCUT2D eigenvalue weighted by Gasteiger charge is 2.29. The summed E-state index contributed by atoms with van der Waals surface area (Å²) in [5.41, 5.74) is 2.56. The summed E-state index contributed by atoms with van der Waals surface area (Å²) in [5, 5.41) is 9.05. The Labute approximate surface area is 111 Å². The van der Waals surface area contributed by atoms with Crippen molar-refractivity contribution in [3.05, 3.63) is 65.5 Å². The molecule has 0 amide bonds. The summed E-state index contributed by atoms with van der Waals surface area (Å²) in [7, 11) is 0. The molecule has 1 fully saturated rings. The lowest BCUT2D eigenvalue weighted by Gasteiger charge is -2.41. The summed E-state index contributed by atoms with van der Waals surface area (Å²) in [4.78, 5) is 2.12. The topological polar surface area (TPSA) is 27.0 Å². The molecule has 94 valence electrons. The number of halogens is 1. The molecule has 0 radical (unpaired) electrons. The van der Waals surface area contributed by atoms with E-state index in [1.165, 1.54) is 17.7 Å². The standard InChI is InChI=1S/C16H13FN2/c17-15-6-7-16(13(8-15)9-18)19-10-14(11-19)12-4-2-1-3-5-12/h1-8,14H,10-11H2. The van der Waals surface area contributed by atoms with Crippen LogP contribution < -0.4 is 4.90 Å². The normalized spacial score (nSPS) is 14.8. The number of hydrogen-bond donors (Lipinski definition) is 0. The molecular weight excluding hydrogens is 239 g/mol. The molecule has 1 saturated heterocycles. The zero-order valence-corrected chi connectivity index (χ0v) is 10.4. The molecule has 1 aliphatic heterocycles. The van der Waals surface area contributed by atoms with Gasteiger partial charge < -0.3 is 4.90 Å². The second-order valence-electron chi connectivity index (χ2n) is 4.79. The average Bonchev–Trinajstić information content (AvgIpc) is 2.40. The molecule has 0 spiro atoms. The Balaban J connectivity index is 1.76. The first-order chi connectivity index (χ1) is 9.28. The number of anilines is 1. The molecule has 0 bridgehead atoms. The summed E-state index contributed by atoms with van der Waals surface area (Å²) in [6.07, 6.45) is 0. The maximum atomic E-state index is 13.1. The third kappa shape index (κ3) is 2.17. The van der Waals surface area contributed by atoms with Crippen LogP contribution in [0, 0.1) is 17.1 Å². The Morgan fingerprint density at radius 1 is 1.11 bits per heavy atom. The fourth-order valence-electron chi connectivity index (χ4n) is 2.48. The highest BCUT2D eigenvalue weighted by molar-refractivity contribution is 5.61. The second-order valence-corrected chi connectivity index (χ2v) is 4.79. The minimum atomic E-state index is -0.361. The Hall–Kier alpha value is -2.34. The van der Waals surface area contributed by atoms with Crippen molar-refractivity contribution in [2.45, 2.75) is 5.92 Å². The van der Waals surface area contributed by atoms with E-state index in [0.29, 0.717) is 11.5 Å². The van der Waals surface area contributed by atoms with E-state index in [-0.39, 0.29) is 5.82 Å². The number of hydrogen-bond acceptors (Lipinski definition) is 2. The monoisotopic (exact) mass is 252 g/mol. The fourth-order valence-corrected chi connectivity index (χ4v) is 2.48. The van der Waals surface area contributed by atoms with Crippen LogP contribution in [0.4, 0.5) is 10.1 Å². The number of nitriles is 1. The smallest absolute Gasteiger partial charge is 0.124 e. The van der Waals surface area contributed by atoms with Crippen LogP contribution in [0.15, 0.2) is 48.5 Å². The average molecular weight is 252 g/mol. The van der Waals surface area contributed by atoms with Gasteiger partial charge in [0.15, 0.2) is 0 Å². The third-order valence-corrected chi connectivity index (χ3v) is 3.57. The first-order valence-electron chi connectivity index (χ1n) is 6.27. The molecule has 0 atom stereocenters. The van der Waals surface area contributed by atoms with Crippen molar-refractivity contribution in [3.63, 3.8) is 0 Å². The van der Waals surface area contributed by atoms with Gasteiger partial charge in [0, 0.05) is 19.0 Å². The van der Waals surface area contributed by atoms with Gasteiger partial charge in [0.1, 0.15) is 11.9 Å². The molecule has 0 unspecified atom stereocenters. The fraction of sp³-hybridized carbons (Fsp3) is 0.188. The lowest BCUT2D eigenvalue weighted by molar-refractivity contribution is 0.524. The van der Waals surface area contributed by atoms with Gasteiger partial charge in [-0.1, -0.05) is 30.3 Å². The van der Waals surface area contributed by atoms with Crippen LogP contribution in [-0.2, 0) is 0 Å². The van der Waals surface area contributed by atoms with E-state index in [2.05, 4.69) is 23.1 Å². The van der Waals surface area contributed by atoms with Gasteiger partial charge in [-0.25, -0.2) is 4.39 Å². The predicted octanol–water partition coefficient (Wildman–Crippen LogP) is 3.30. The Bertz CT molecular complexity index is 625. The van der Waals surface area contributed by atoms with Crippen LogP contribution in [-0.4, -0.2) is 13.1 Å². The van der Waals surface area contributed by atoms with Crippen LogP contribution in [0.2, 0.25) is 0 Å². The maximum Gasteiger partial charge on any atom is 0.124 e. The van der Waals surface area contributed by atoms with Gasteiger partial charge in [-0.2, -0.15) is 5.26 Å². The maximum absolute atomic E-state index is 13.1. The lowest BCUT2D eigenvalue weighted by atomic mass is 9.90. The molecule has 0 saturated carbocycles. The van der Waals surface area contributed by atoms with E-state index >= 15 is 0 Å². The molecule has 19 heavy (non-hydrogen) atoms. The van der Waals surface area contributed by atoms with Crippen molar-refractivity contribution < 1.29 is 4.39 Å². The van der Waals surface area contributed by atoms with Crippen LogP contribution in [0.25, 0.3) is 0 Å². The molecule has 0 aliphatic carbocycles. The van der Waals surface area contributed by atoms with E-state index in [4.69, 9.17) is 5.26 Å². The summed E-state index contributed by atoms with van der Waals surface area (Å²) in [5.74, 6) is 0.137. The Morgan fingerprint density at radius 3 is 2.53 bits per heavy atom. The van der Waals surface area contributed by atoms with Crippen LogP contribution in [0.5, 0.6) is 0 Å². The molecule has 3 rings (SSSR count). The highest BCUT2D eigenvalue weighted by Crippen LogP contribution is 2.33. The molecule has 2 aromatic rings. The number of nitrogens with zero attached hydrogens (tertiary/aromatic N) is 2. The van der Waals surface area contributed by atoms with Gasteiger partial charge in [-0.3, -0.25) is 0 Å². The third-order valence-electron chi connectivity index (χ3n) is 3.57. The summed E-state index contributed by atoms with van der Waals surface area (Å²) >= 11 is 0. The minimum Gasteiger partial charge on any atom is -0.369 e. The van der Waals surface area contributed by atoms with Crippen LogP contribution in [0.1, 0.15) is 17.0 Å². The summed E-state index contributed by atoms with van der Waals surface area (Å²) in [6, 6.07) is 16.8. The van der Waals surface area contributed by atoms with Crippen molar-refractivity contribution in [1.82, 2.24) is 0 Å². The van der Waals surface area contributed by atoms with Crippen LogP contribution in [0.3, 0.4) is 0 Å².